The van der Waals surface area contributed by atoms with Crippen molar-refractivity contribution in [1.29, 1.82) is 0 Å². The smallest absolute Gasteiger partial charge is 0.307 e. The number of rotatable bonds is 8. The van der Waals surface area contributed by atoms with Crippen molar-refractivity contribution < 1.29 is 24.3 Å². The van der Waals surface area contributed by atoms with Gasteiger partial charge in [-0.05, 0) is 48.2 Å². The Morgan fingerprint density at radius 3 is 2.35 bits per heavy atom. The Balaban J connectivity index is 1.53. The van der Waals surface area contributed by atoms with E-state index in [0.29, 0.717) is 40.7 Å². The summed E-state index contributed by atoms with van der Waals surface area (Å²) < 4.78 is 0. The van der Waals surface area contributed by atoms with Crippen molar-refractivity contribution in [1.82, 2.24) is 5.32 Å². The fourth-order valence-electron chi connectivity index (χ4n) is 3.35. The molecule has 2 N–H and O–H groups in total. The van der Waals surface area contributed by atoms with Gasteiger partial charge in [-0.2, -0.15) is 0 Å². The number of carbonyl (C=O) groups is 4. The minimum atomic E-state index is -1.07. The minimum absolute atomic E-state index is 0.0471. The van der Waals surface area contributed by atoms with Crippen LogP contribution in [0.15, 0.2) is 42.5 Å². The number of aliphatic carboxylic acids is 1. The highest BCUT2D eigenvalue weighted by Gasteiger charge is 2.43. The quantitative estimate of drug-likeness (QED) is 0.356. The average molecular weight is 463 g/mol. The number of anilines is 1. The molecule has 9 heteroatoms. The van der Waals surface area contributed by atoms with Crippen LogP contribution in [0.25, 0.3) is 0 Å². The minimum Gasteiger partial charge on any atom is -0.481 e. The number of hydrogen-bond donors (Lipinski definition) is 2. The molecule has 0 radical (unpaired) electrons. The number of halogens is 2. The fraction of sp³-hybridized carbons (Fsp3) is 0.273. The van der Waals surface area contributed by atoms with Gasteiger partial charge in [-0.1, -0.05) is 41.4 Å². The fourth-order valence-corrected chi connectivity index (χ4v) is 3.67. The number of nitrogens with zero attached hydrogens (tertiary/aromatic N) is 1. The first-order chi connectivity index (χ1) is 14.8. The van der Waals surface area contributed by atoms with E-state index < -0.39 is 29.5 Å². The SMILES string of the molecule is O=C(O)Cc1ccc(N2CC(C(=O)NCCCc3ccc(Cl)c(Cl)c3)C(=O)C2=O)cc1. The van der Waals surface area contributed by atoms with Gasteiger partial charge in [0.05, 0.1) is 16.5 Å². The molecule has 0 spiro atoms. The van der Waals surface area contributed by atoms with Crippen molar-refractivity contribution in [3.05, 3.63) is 63.6 Å². The number of Topliss-reactive ketones (excluding diaryl/α,β-unsaturated/α-hetero) is 1. The van der Waals surface area contributed by atoms with Gasteiger partial charge in [-0.3, -0.25) is 19.2 Å². The first kappa shape index (κ1) is 22.8. The molecule has 162 valence electrons. The number of benzene rings is 2. The lowest BCUT2D eigenvalue weighted by atomic mass is 10.1. The summed E-state index contributed by atoms with van der Waals surface area (Å²) >= 11 is 11.9. The van der Waals surface area contributed by atoms with Gasteiger partial charge in [0.2, 0.25) is 11.7 Å². The molecule has 0 saturated carbocycles. The summed E-state index contributed by atoms with van der Waals surface area (Å²) in [5.74, 6) is -4.02. The Kier molecular flexibility index (Phi) is 7.30. The van der Waals surface area contributed by atoms with Crippen LogP contribution in [0, 0.1) is 5.92 Å². The van der Waals surface area contributed by atoms with Crippen molar-refractivity contribution in [2.24, 2.45) is 5.92 Å². The normalized spacial score (nSPS) is 15.9. The van der Waals surface area contributed by atoms with E-state index in [2.05, 4.69) is 5.32 Å². The van der Waals surface area contributed by atoms with Crippen LogP contribution in [0.5, 0.6) is 0 Å². The first-order valence-electron chi connectivity index (χ1n) is 9.64. The number of amides is 2. The zero-order chi connectivity index (χ0) is 22.5. The number of carbonyl (C=O) groups excluding carboxylic acids is 3. The van der Waals surface area contributed by atoms with Crippen LogP contribution in [0.4, 0.5) is 5.69 Å². The molecule has 1 unspecified atom stereocenters. The molecule has 0 bridgehead atoms. The van der Waals surface area contributed by atoms with Gasteiger partial charge in [0, 0.05) is 18.8 Å². The molecular weight excluding hydrogens is 443 g/mol. The molecule has 0 aliphatic carbocycles. The van der Waals surface area contributed by atoms with Crippen molar-refractivity contribution >= 4 is 52.5 Å². The number of ketones is 1. The van der Waals surface area contributed by atoms with Crippen molar-refractivity contribution in [3.8, 4) is 0 Å². The largest absolute Gasteiger partial charge is 0.481 e. The van der Waals surface area contributed by atoms with Crippen LogP contribution >= 0.6 is 23.2 Å². The van der Waals surface area contributed by atoms with Crippen molar-refractivity contribution in [2.75, 3.05) is 18.0 Å². The number of carboxylic acid groups (broad SMARTS) is 1. The maximum Gasteiger partial charge on any atom is 0.307 e. The van der Waals surface area contributed by atoms with E-state index in [4.69, 9.17) is 28.3 Å². The Hall–Kier alpha value is -2.90. The Morgan fingerprint density at radius 1 is 1.03 bits per heavy atom. The Morgan fingerprint density at radius 2 is 1.71 bits per heavy atom. The van der Waals surface area contributed by atoms with E-state index in [0.717, 1.165) is 5.56 Å². The summed E-state index contributed by atoms with van der Waals surface area (Å²) in [4.78, 5) is 49.1. The monoisotopic (exact) mass is 462 g/mol. The van der Waals surface area contributed by atoms with Crippen molar-refractivity contribution in [2.45, 2.75) is 19.3 Å². The highest BCUT2D eigenvalue weighted by Crippen LogP contribution is 2.24. The number of nitrogens with one attached hydrogen (secondary N) is 1. The Bertz CT molecular complexity index is 1020. The highest BCUT2D eigenvalue weighted by molar-refractivity contribution is 6.47. The van der Waals surface area contributed by atoms with Crippen LogP contribution in [0.2, 0.25) is 10.0 Å². The van der Waals surface area contributed by atoms with E-state index in [1.165, 1.54) is 4.90 Å². The molecule has 2 amide bonds. The topological polar surface area (TPSA) is 104 Å². The van der Waals surface area contributed by atoms with Crippen molar-refractivity contribution in [3.63, 3.8) is 0 Å². The second kappa shape index (κ2) is 9.94. The molecule has 1 aliphatic rings. The molecule has 7 nitrogen and oxygen atoms in total. The molecule has 1 atom stereocenters. The Labute approximate surface area is 188 Å². The van der Waals surface area contributed by atoms with Crippen LogP contribution in [-0.2, 0) is 32.0 Å². The van der Waals surface area contributed by atoms with Crippen LogP contribution in [0.3, 0.4) is 0 Å². The highest BCUT2D eigenvalue weighted by atomic mass is 35.5. The standard InChI is InChI=1S/C22H20Cl2N2O5/c23-17-8-5-13(10-18(17)24)2-1-9-25-21(30)16-12-26(22(31)20(16)29)15-6-3-14(4-7-15)11-19(27)28/h3-8,10,16H,1-2,9,11-12H2,(H,25,30)(H,27,28). The molecular formula is C22H20Cl2N2O5. The van der Waals surface area contributed by atoms with Gasteiger partial charge in [-0.25, -0.2) is 0 Å². The first-order valence-corrected chi connectivity index (χ1v) is 10.4. The van der Waals surface area contributed by atoms with Gasteiger partial charge in [-0.15, -0.1) is 0 Å². The molecule has 1 saturated heterocycles. The number of hydrogen-bond acceptors (Lipinski definition) is 4. The molecule has 1 heterocycles. The third-order valence-corrected chi connectivity index (χ3v) is 5.72. The average Bonchev–Trinajstić information content (AvgIpc) is 3.03. The summed E-state index contributed by atoms with van der Waals surface area (Å²) in [6, 6.07) is 11.6. The zero-order valence-electron chi connectivity index (χ0n) is 16.4. The third kappa shape index (κ3) is 5.62. The summed E-state index contributed by atoms with van der Waals surface area (Å²) in [6.07, 6.45) is 1.16. The lowest BCUT2D eigenvalue weighted by molar-refractivity contribution is -0.139. The van der Waals surface area contributed by atoms with E-state index in [1.54, 1.807) is 36.4 Å². The maximum atomic E-state index is 12.4. The second-order valence-electron chi connectivity index (χ2n) is 7.21. The van der Waals surface area contributed by atoms with E-state index in [1.807, 2.05) is 6.07 Å². The third-order valence-electron chi connectivity index (χ3n) is 4.98. The second-order valence-corrected chi connectivity index (χ2v) is 8.03. The molecule has 2 aromatic carbocycles. The van der Waals surface area contributed by atoms with Crippen LogP contribution in [-0.4, -0.2) is 41.8 Å². The van der Waals surface area contributed by atoms with Crippen LogP contribution < -0.4 is 10.2 Å². The summed E-state index contributed by atoms with van der Waals surface area (Å²) in [7, 11) is 0. The number of carboxylic acids is 1. The lowest BCUT2D eigenvalue weighted by Gasteiger charge is -2.16. The van der Waals surface area contributed by atoms with Gasteiger partial charge in [0.1, 0.15) is 5.92 Å². The molecule has 1 aliphatic heterocycles. The molecule has 1 fully saturated rings. The van der Waals surface area contributed by atoms with Crippen LogP contribution in [0.1, 0.15) is 17.5 Å². The van der Waals surface area contributed by atoms with Gasteiger partial charge < -0.3 is 15.3 Å². The number of aryl methyl sites for hydroxylation is 1. The summed E-state index contributed by atoms with van der Waals surface area (Å²) in [5, 5.41) is 12.5. The molecule has 2 aromatic rings. The van der Waals surface area contributed by atoms with E-state index in [9.17, 15) is 19.2 Å². The molecule has 0 aromatic heterocycles. The summed E-state index contributed by atoms with van der Waals surface area (Å²) in [5.41, 5.74) is 2.00. The van der Waals surface area contributed by atoms with Gasteiger partial charge in [0.25, 0.3) is 5.91 Å². The summed E-state index contributed by atoms with van der Waals surface area (Å²) in [6.45, 7) is 0.301. The lowest BCUT2D eigenvalue weighted by Crippen LogP contribution is -2.36. The molecule has 31 heavy (non-hydrogen) atoms. The predicted octanol–water partition coefficient (Wildman–Crippen LogP) is 2.90. The van der Waals surface area contributed by atoms with E-state index in [-0.39, 0.29) is 13.0 Å². The molecule has 3 rings (SSSR count). The van der Waals surface area contributed by atoms with E-state index >= 15 is 0 Å². The predicted molar refractivity (Wildman–Crippen MR) is 116 cm³/mol. The van der Waals surface area contributed by atoms with Gasteiger partial charge >= 0.3 is 5.97 Å². The van der Waals surface area contributed by atoms with Gasteiger partial charge in [0.15, 0.2) is 0 Å². The maximum absolute atomic E-state index is 12.4. The zero-order valence-corrected chi connectivity index (χ0v) is 17.9.